The molecule has 0 fully saturated rings. The molecule has 0 bridgehead atoms. The SMILES string of the molecule is CCCCS(=O)(=O)c1c(C=O)cnn1CCC. The molecule has 0 N–H and O–H groups in total. The lowest BCUT2D eigenvalue weighted by atomic mass is 10.4. The molecule has 0 unspecified atom stereocenters. The number of aromatic nitrogens is 2. The molecule has 0 atom stereocenters. The van der Waals surface area contributed by atoms with E-state index in [-0.39, 0.29) is 16.3 Å². The first kappa shape index (κ1) is 13.9. The first-order valence-electron chi connectivity index (χ1n) is 5.80. The molecule has 0 aliphatic carbocycles. The standard InChI is InChI=1S/C11H18N2O3S/c1-3-5-7-17(15,16)11-10(9-14)8-12-13(11)6-4-2/h8-9H,3-7H2,1-2H3. The van der Waals surface area contributed by atoms with E-state index in [2.05, 4.69) is 5.10 Å². The van der Waals surface area contributed by atoms with Crippen LogP contribution in [0.2, 0.25) is 0 Å². The van der Waals surface area contributed by atoms with Crippen LogP contribution in [0.3, 0.4) is 0 Å². The fourth-order valence-electron chi connectivity index (χ4n) is 1.61. The van der Waals surface area contributed by atoms with Gasteiger partial charge in [-0.2, -0.15) is 5.10 Å². The lowest BCUT2D eigenvalue weighted by Gasteiger charge is -2.07. The van der Waals surface area contributed by atoms with E-state index in [0.717, 1.165) is 12.8 Å². The van der Waals surface area contributed by atoms with E-state index in [4.69, 9.17) is 0 Å². The Kier molecular flexibility index (Phi) is 4.86. The number of hydrogen-bond acceptors (Lipinski definition) is 4. The normalized spacial score (nSPS) is 11.6. The summed E-state index contributed by atoms with van der Waals surface area (Å²) < 4.78 is 25.6. The first-order valence-corrected chi connectivity index (χ1v) is 7.45. The highest BCUT2D eigenvalue weighted by Crippen LogP contribution is 2.17. The third-order valence-corrected chi connectivity index (χ3v) is 4.30. The van der Waals surface area contributed by atoms with Gasteiger partial charge >= 0.3 is 0 Å². The Labute approximate surface area is 102 Å². The van der Waals surface area contributed by atoms with Crippen molar-refractivity contribution in [2.75, 3.05) is 5.75 Å². The number of nitrogens with zero attached hydrogens (tertiary/aromatic N) is 2. The van der Waals surface area contributed by atoms with E-state index in [1.165, 1.54) is 10.9 Å². The molecule has 1 heterocycles. The summed E-state index contributed by atoms with van der Waals surface area (Å²) in [7, 11) is -3.41. The van der Waals surface area contributed by atoms with Crippen LogP contribution in [0.25, 0.3) is 0 Å². The van der Waals surface area contributed by atoms with E-state index < -0.39 is 9.84 Å². The van der Waals surface area contributed by atoms with Crippen LogP contribution in [0.4, 0.5) is 0 Å². The number of aryl methyl sites for hydroxylation is 1. The summed E-state index contributed by atoms with van der Waals surface area (Å²) in [5, 5.41) is 4.03. The zero-order chi connectivity index (χ0) is 12.9. The second kappa shape index (κ2) is 5.95. The van der Waals surface area contributed by atoms with Gasteiger partial charge in [0.2, 0.25) is 0 Å². The Morgan fingerprint density at radius 2 is 2.06 bits per heavy atom. The second-order valence-corrected chi connectivity index (χ2v) is 5.94. The zero-order valence-corrected chi connectivity index (χ0v) is 11.0. The smallest absolute Gasteiger partial charge is 0.196 e. The van der Waals surface area contributed by atoms with Gasteiger partial charge in [-0.1, -0.05) is 20.3 Å². The largest absolute Gasteiger partial charge is 0.298 e. The van der Waals surface area contributed by atoms with Gasteiger partial charge in [-0.05, 0) is 12.8 Å². The highest BCUT2D eigenvalue weighted by molar-refractivity contribution is 7.91. The number of unbranched alkanes of at least 4 members (excludes halogenated alkanes) is 1. The van der Waals surface area contributed by atoms with Crippen molar-refractivity contribution in [1.29, 1.82) is 0 Å². The van der Waals surface area contributed by atoms with Gasteiger partial charge in [0.15, 0.2) is 21.1 Å². The number of hydrogen-bond donors (Lipinski definition) is 0. The maximum absolute atomic E-state index is 12.1. The summed E-state index contributed by atoms with van der Waals surface area (Å²) in [6.07, 6.45) is 4.05. The van der Waals surface area contributed by atoms with Gasteiger partial charge in [-0.3, -0.25) is 9.48 Å². The van der Waals surface area contributed by atoms with Gasteiger partial charge in [0.1, 0.15) is 0 Å². The summed E-state index contributed by atoms with van der Waals surface area (Å²) in [4.78, 5) is 10.8. The lowest BCUT2D eigenvalue weighted by Crippen LogP contribution is -2.15. The van der Waals surface area contributed by atoms with Crippen LogP contribution in [-0.2, 0) is 16.4 Å². The molecule has 0 amide bonds. The molecule has 5 nitrogen and oxygen atoms in total. The van der Waals surface area contributed by atoms with E-state index in [0.29, 0.717) is 19.3 Å². The average Bonchev–Trinajstić information content (AvgIpc) is 2.71. The average molecular weight is 258 g/mol. The molecule has 0 radical (unpaired) electrons. The Bertz CT molecular complexity index is 477. The minimum atomic E-state index is -3.41. The molecule has 96 valence electrons. The first-order chi connectivity index (χ1) is 8.06. The molecule has 0 aliphatic rings. The van der Waals surface area contributed by atoms with Crippen molar-refractivity contribution in [3.63, 3.8) is 0 Å². The predicted octanol–water partition coefficient (Wildman–Crippen LogP) is 1.68. The molecular weight excluding hydrogens is 240 g/mol. The van der Waals surface area contributed by atoms with Crippen molar-refractivity contribution >= 4 is 16.1 Å². The Morgan fingerprint density at radius 1 is 1.35 bits per heavy atom. The quantitative estimate of drug-likeness (QED) is 0.698. The molecule has 6 heteroatoms. The maximum Gasteiger partial charge on any atom is 0.196 e. The van der Waals surface area contributed by atoms with Crippen LogP contribution in [0.5, 0.6) is 0 Å². The van der Waals surface area contributed by atoms with Gasteiger partial charge in [0.25, 0.3) is 0 Å². The van der Waals surface area contributed by atoms with Crippen LogP contribution in [0.15, 0.2) is 11.2 Å². The maximum atomic E-state index is 12.1. The minimum Gasteiger partial charge on any atom is -0.298 e. The van der Waals surface area contributed by atoms with E-state index >= 15 is 0 Å². The molecule has 0 aromatic carbocycles. The molecule has 0 saturated carbocycles. The molecule has 1 rings (SSSR count). The number of sulfone groups is 1. The zero-order valence-electron chi connectivity index (χ0n) is 10.2. The fraction of sp³-hybridized carbons (Fsp3) is 0.636. The summed E-state index contributed by atoms with van der Waals surface area (Å²) in [6.45, 7) is 4.37. The predicted molar refractivity (Wildman–Crippen MR) is 64.9 cm³/mol. The van der Waals surface area contributed by atoms with Crippen LogP contribution < -0.4 is 0 Å². The summed E-state index contributed by atoms with van der Waals surface area (Å²) >= 11 is 0. The Morgan fingerprint density at radius 3 is 2.59 bits per heavy atom. The number of carbonyl (C=O) groups excluding carboxylic acids is 1. The van der Waals surface area contributed by atoms with Crippen molar-refractivity contribution in [2.24, 2.45) is 0 Å². The Balaban J connectivity index is 3.17. The second-order valence-electron chi connectivity index (χ2n) is 3.92. The van der Waals surface area contributed by atoms with Gasteiger partial charge in [0.05, 0.1) is 17.5 Å². The van der Waals surface area contributed by atoms with Gasteiger partial charge < -0.3 is 0 Å². The number of aldehydes is 1. The van der Waals surface area contributed by atoms with E-state index in [1.807, 2.05) is 13.8 Å². The molecule has 17 heavy (non-hydrogen) atoms. The van der Waals surface area contributed by atoms with Crippen molar-refractivity contribution in [1.82, 2.24) is 9.78 Å². The molecule has 0 spiro atoms. The highest BCUT2D eigenvalue weighted by atomic mass is 32.2. The third kappa shape index (κ3) is 3.15. The molecular formula is C11H18N2O3S. The van der Waals surface area contributed by atoms with Crippen LogP contribution in [-0.4, -0.2) is 30.2 Å². The Hall–Kier alpha value is -1.17. The molecule has 0 saturated heterocycles. The fourth-order valence-corrected chi connectivity index (χ4v) is 3.39. The van der Waals surface area contributed by atoms with Gasteiger partial charge in [-0.15, -0.1) is 0 Å². The summed E-state index contributed by atoms with van der Waals surface area (Å²) in [6, 6.07) is 0. The summed E-state index contributed by atoms with van der Waals surface area (Å²) in [5.74, 6) is 0.0692. The van der Waals surface area contributed by atoms with Crippen LogP contribution in [0, 0.1) is 0 Å². The number of rotatable bonds is 7. The molecule has 1 aromatic heterocycles. The van der Waals surface area contributed by atoms with E-state index in [1.54, 1.807) is 0 Å². The summed E-state index contributed by atoms with van der Waals surface area (Å²) in [5.41, 5.74) is 0.162. The van der Waals surface area contributed by atoms with Crippen molar-refractivity contribution < 1.29 is 13.2 Å². The van der Waals surface area contributed by atoms with Crippen molar-refractivity contribution in [3.8, 4) is 0 Å². The minimum absolute atomic E-state index is 0.0692. The lowest BCUT2D eigenvalue weighted by molar-refractivity contribution is 0.112. The van der Waals surface area contributed by atoms with E-state index in [9.17, 15) is 13.2 Å². The van der Waals surface area contributed by atoms with Crippen molar-refractivity contribution in [3.05, 3.63) is 11.8 Å². The monoisotopic (exact) mass is 258 g/mol. The highest BCUT2D eigenvalue weighted by Gasteiger charge is 2.23. The van der Waals surface area contributed by atoms with Crippen molar-refractivity contribution in [2.45, 2.75) is 44.7 Å². The van der Waals surface area contributed by atoms with Gasteiger partial charge in [0, 0.05) is 6.54 Å². The molecule has 1 aromatic rings. The van der Waals surface area contributed by atoms with Gasteiger partial charge in [-0.25, -0.2) is 8.42 Å². The van der Waals surface area contributed by atoms with Crippen LogP contribution in [0.1, 0.15) is 43.5 Å². The third-order valence-electron chi connectivity index (χ3n) is 2.44. The number of carbonyl (C=O) groups is 1. The van der Waals surface area contributed by atoms with Crippen LogP contribution >= 0.6 is 0 Å². The molecule has 0 aliphatic heterocycles. The topological polar surface area (TPSA) is 69.0 Å².